The molecule has 0 bridgehead atoms. The van der Waals surface area contributed by atoms with E-state index in [4.69, 9.17) is 0 Å². The second-order valence-electron chi connectivity index (χ2n) is 8.09. The van der Waals surface area contributed by atoms with E-state index in [1.54, 1.807) is 13.1 Å². The molecule has 156 valence electrons. The van der Waals surface area contributed by atoms with Gasteiger partial charge in [-0.25, -0.2) is 9.67 Å². The van der Waals surface area contributed by atoms with Gasteiger partial charge in [0.15, 0.2) is 5.65 Å². The third kappa shape index (κ3) is 4.20. The lowest BCUT2D eigenvalue weighted by Crippen LogP contribution is -2.46. The molecule has 0 aliphatic carbocycles. The zero-order valence-corrected chi connectivity index (χ0v) is 17.7. The number of pyridine rings is 1. The minimum absolute atomic E-state index is 0.0687. The fourth-order valence-electron chi connectivity index (χ4n) is 3.94. The fraction of sp³-hybridized carbons (Fsp3) is 0.391. The maximum absolute atomic E-state index is 13.0. The van der Waals surface area contributed by atoms with Gasteiger partial charge >= 0.3 is 0 Å². The molecule has 2 aromatic heterocycles. The predicted molar refractivity (Wildman–Crippen MR) is 115 cm³/mol. The molecule has 4 rings (SSSR count). The molecule has 1 fully saturated rings. The molecule has 1 aliphatic rings. The van der Waals surface area contributed by atoms with E-state index < -0.39 is 0 Å². The van der Waals surface area contributed by atoms with E-state index in [-0.39, 0.29) is 17.9 Å². The van der Waals surface area contributed by atoms with Crippen LogP contribution in [0.1, 0.15) is 46.9 Å². The molecule has 1 N–H and O–H groups in total. The van der Waals surface area contributed by atoms with Crippen LogP contribution in [-0.4, -0.2) is 50.6 Å². The van der Waals surface area contributed by atoms with Gasteiger partial charge in [0.25, 0.3) is 5.91 Å². The molecule has 0 atom stereocenters. The Morgan fingerprint density at radius 3 is 2.50 bits per heavy atom. The Labute approximate surface area is 176 Å². The number of aryl methyl sites for hydroxylation is 2. The van der Waals surface area contributed by atoms with Gasteiger partial charge in [-0.15, -0.1) is 0 Å². The molecular formula is C23H27N5O2. The molecule has 1 aliphatic heterocycles. The van der Waals surface area contributed by atoms with Gasteiger partial charge < -0.3 is 10.2 Å². The van der Waals surface area contributed by atoms with Crippen molar-refractivity contribution in [3.05, 3.63) is 58.9 Å². The normalized spacial score (nSPS) is 14.8. The van der Waals surface area contributed by atoms with E-state index in [0.29, 0.717) is 30.8 Å². The van der Waals surface area contributed by atoms with Crippen LogP contribution in [0.5, 0.6) is 0 Å². The monoisotopic (exact) mass is 405 g/mol. The number of nitrogens with one attached hydrogen (secondary N) is 1. The topological polar surface area (TPSA) is 80.1 Å². The van der Waals surface area contributed by atoms with Crippen LogP contribution in [0.15, 0.2) is 36.5 Å². The van der Waals surface area contributed by atoms with Crippen LogP contribution >= 0.6 is 0 Å². The molecule has 0 spiro atoms. The van der Waals surface area contributed by atoms with E-state index in [1.807, 2.05) is 22.6 Å². The second-order valence-corrected chi connectivity index (χ2v) is 8.09. The van der Waals surface area contributed by atoms with Crippen molar-refractivity contribution < 1.29 is 9.59 Å². The first-order valence-electron chi connectivity index (χ1n) is 10.4. The summed E-state index contributed by atoms with van der Waals surface area (Å²) in [5.74, 6) is -0.0195. The molecule has 30 heavy (non-hydrogen) atoms. The predicted octanol–water partition coefficient (Wildman–Crippen LogP) is 2.84. The summed E-state index contributed by atoms with van der Waals surface area (Å²) in [6.07, 6.45) is 3.26. The van der Waals surface area contributed by atoms with Crippen LogP contribution < -0.4 is 5.32 Å². The highest BCUT2D eigenvalue weighted by Crippen LogP contribution is 2.20. The number of carbonyl (C=O) groups excluding carboxylic acids is 2. The van der Waals surface area contributed by atoms with E-state index in [0.717, 1.165) is 29.5 Å². The van der Waals surface area contributed by atoms with Gasteiger partial charge in [-0.1, -0.05) is 29.8 Å². The second kappa shape index (κ2) is 8.26. The smallest absolute Gasteiger partial charge is 0.252 e. The van der Waals surface area contributed by atoms with E-state index in [1.165, 1.54) is 5.56 Å². The summed E-state index contributed by atoms with van der Waals surface area (Å²) >= 11 is 0. The lowest BCUT2D eigenvalue weighted by molar-refractivity contribution is -0.129. The third-order valence-corrected chi connectivity index (χ3v) is 5.71. The fourth-order valence-corrected chi connectivity index (χ4v) is 3.94. The summed E-state index contributed by atoms with van der Waals surface area (Å²) in [4.78, 5) is 31.0. The zero-order chi connectivity index (χ0) is 21.3. The Hall–Kier alpha value is -3.22. The summed E-state index contributed by atoms with van der Waals surface area (Å²) < 4.78 is 1.84. The van der Waals surface area contributed by atoms with Crippen LogP contribution in [-0.2, 0) is 11.3 Å². The largest absolute Gasteiger partial charge is 0.349 e. The Morgan fingerprint density at radius 1 is 1.13 bits per heavy atom. The third-order valence-electron chi connectivity index (χ3n) is 5.71. The van der Waals surface area contributed by atoms with Crippen LogP contribution in [0, 0.1) is 13.8 Å². The average Bonchev–Trinajstić information content (AvgIpc) is 3.12. The van der Waals surface area contributed by atoms with Crippen molar-refractivity contribution in [1.29, 1.82) is 0 Å². The quantitative estimate of drug-likeness (QED) is 0.724. The van der Waals surface area contributed by atoms with Gasteiger partial charge in [0.05, 0.1) is 23.7 Å². The van der Waals surface area contributed by atoms with Gasteiger partial charge in [-0.3, -0.25) is 9.59 Å². The Balaban J connectivity index is 1.54. The number of fused-ring (bicyclic) bond motifs is 1. The number of amides is 2. The highest BCUT2D eigenvalue weighted by atomic mass is 16.2. The molecule has 7 nitrogen and oxygen atoms in total. The summed E-state index contributed by atoms with van der Waals surface area (Å²) in [5, 5.41) is 8.40. The van der Waals surface area contributed by atoms with Gasteiger partial charge in [-0.2, -0.15) is 5.10 Å². The molecule has 1 aromatic carbocycles. The van der Waals surface area contributed by atoms with Crippen molar-refractivity contribution in [3.63, 3.8) is 0 Å². The summed E-state index contributed by atoms with van der Waals surface area (Å²) in [6.45, 7) is 7.51. The number of benzene rings is 1. The number of nitrogens with zero attached hydrogens (tertiary/aromatic N) is 4. The first-order valence-corrected chi connectivity index (χ1v) is 10.4. The van der Waals surface area contributed by atoms with Crippen molar-refractivity contribution in [2.24, 2.45) is 0 Å². The number of rotatable bonds is 4. The number of hydrogen-bond acceptors (Lipinski definition) is 4. The minimum Gasteiger partial charge on any atom is -0.349 e. The molecule has 0 radical (unpaired) electrons. The summed E-state index contributed by atoms with van der Waals surface area (Å²) in [6, 6.07) is 10.2. The van der Waals surface area contributed by atoms with Crippen LogP contribution in [0.3, 0.4) is 0 Å². The highest BCUT2D eigenvalue weighted by molar-refractivity contribution is 6.05. The minimum atomic E-state index is -0.110. The number of hydrogen-bond donors (Lipinski definition) is 1. The Kier molecular flexibility index (Phi) is 5.53. The molecule has 2 amide bonds. The first-order chi connectivity index (χ1) is 14.4. The first kappa shape index (κ1) is 20.1. The SMILES string of the molecule is CC(=O)N1CCC(NC(=O)c2cc(C)nc3c2cnn3Cc2ccc(C)cc2)CC1. The molecule has 7 heteroatoms. The van der Waals surface area contributed by atoms with Crippen LogP contribution in [0.4, 0.5) is 0 Å². The Morgan fingerprint density at radius 2 is 1.83 bits per heavy atom. The summed E-state index contributed by atoms with van der Waals surface area (Å²) in [5.41, 5.74) is 4.45. The average molecular weight is 406 g/mol. The van der Waals surface area contributed by atoms with Gasteiger partial charge in [-0.05, 0) is 38.3 Å². The number of likely N-dealkylation sites (tertiary alicyclic amines) is 1. The molecule has 1 saturated heterocycles. The van der Waals surface area contributed by atoms with Gasteiger partial charge in [0, 0.05) is 31.7 Å². The van der Waals surface area contributed by atoms with Crippen molar-refractivity contribution >= 4 is 22.8 Å². The van der Waals surface area contributed by atoms with Crippen LogP contribution in [0.2, 0.25) is 0 Å². The number of aromatic nitrogens is 3. The van der Waals surface area contributed by atoms with Crippen molar-refractivity contribution in [1.82, 2.24) is 25.0 Å². The maximum atomic E-state index is 13.0. The van der Waals surface area contributed by atoms with Gasteiger partial charge in [0.1, 0.15) is 0 Å². The molecule has 0 unspecified atom stereocenters. The van der Waals surface area contributed by atoms with Gasteiger partial charge in [0.2, 0.25) is 5.91 Å². The molecule has 0 saturated carbocycles. The van der Waals surface area contributed by atoms with E-state index in [2.05, 4.69) is 46.6 Å². The van der Waals surface area contributed by atoms with Crippen molar-refractivity contribution in [2.45, 2.75) is 46.2 Å². The van der Waals surface area contributed by atoms with E-state index >= 15 is 0 Å². The molecule has 3 aromatic rings. The number of piperidine rings is 1. The lowest BCUT2D eigenvalue weighted by atomic mass is 10.0. The maximum Gasteiger partial charge on any atom is 0.252 e. The molecule has 3 heterocycles. The van der Waals surface area contributed by atoms with Crippen molar-refractivity contribution in [2.75, 3.05) is 13.1 Å². The Bertz CT molecular complexity index is 1080. The highest BCUT2D eigenvalue weighted by Gasteiger charge is 2.24. The number of carbonyl (C=O) groups is 2. The standard InChI is InChI=1S/C23H27N5O2/c1-15-4-6-18(7-5-15)14-28-22-21(13-24-28)20(12-16(2)25-22)23(30)26-19-8-10-27(11-9-19)17(3)29/h4-7,12-13,19H,8-11,14H2,1-3H3,(H,26,30). The lowest BCUT2D eigenvalue weighted by Gasteiger charge is -2.31. The van der Waals surface area contributed by atoms with E-state index in [9.17, 15) is 9.59 Å². The van der Waals surface area contributed by atoms with Crippen LogP contribution in [0.25, 0.3) is 11.0 Å². The summed E-state index contributed by atoms with van der Waals surface area (Å²) in [7, 11) is 0. The zero-order valence-electron chi connectivity index (χ0n) is 17.7. The van der Waals surface area contributed by atoms with Crippen molar-refractivity contribution in [3.8, 4) is 0 Å². The molecular weight excluding hydrogens is 378 g/mol.